The van der Waals surface area contributed by atoms with Gasteiger partial charge in [0, 0.05) is 18.5 Å². The molecule has 1 heterocycles. The van der Waals surface area contributed by atoms with Crippen LogP contribution < -0.4 is 5.32 Å². The molecule has 1 aromatic heterocycles. The van der Waals surface area contributed by atoms with Gasteiger partial charge in [0.05, 0.1) is 11.3 Å². The third-order valence-corrected chi connectivity index (χ3v) is 5.82. The molecule has 0 aliphatic carbocycles. The number of amides is 1. The molecule has 0 bridgehead atoms. The lowest BCUT2D eigenvalue weighted by Gasteiger charge is -2.31. The highest BCUT2D eigenvalue weighted by atomic mass is 35.5. The SMILES string of the molecule is CCCCn1nc(C)c(C(=O)NCC(C)(c2ccccc2)c2ccccc2)c1Cl. The molecule has 29 heavy (non-hydrogen) atoms. The zero-order valence-electron chi connectivity index (χ0n) is 17.3. The van der Waals surface area contributed by atoms with Crippen LogP contribution in [0.1, 0.15) is 53.9 Å². The van der Waals surface area contributed by atoms with E-state index >= 15 is 0 Å². The molecule has 152 valence electrons. The first-order chi connectivity index (χ1) is 14.0. The van der Waals surface area contributed by atoms with Crippen molar-refractivity contribution in [2.45, 2.75) is 45.6 Å². The Morgan fingerprint density at radius 1 is 1.07 bits per heavy atom. The van der Waals surface area contributed by atoms with Crippen molar-refractivity contribution in [1.29, 1.82) is 0 Å². The number of nitrogens with one attached hydrogen (secondary N) is 1. The molecule has 4 nitrogen and oxygen atoms in total. The number of carbonyl (C=O) groups is 1. The van der Waals surface area contributed by atoms with E-state index in [1.807, 2.05) is 43.3 Å². The molecular weight excluding hydrogens is 382 g/mol. The van der Waals surface area contributed by atoms with Crippen LogP contribution in [-0.4, -0.2) is 22.2 Å². The molecule has 2 aromatic carbocycles. The van der Waals surface area contributed by atoms with Crippen molar-refractivity contribution < 1.29 is 4.79 Å². The predicted molar refractivity (Wildman–Crippen MR) is 119 cm³/mol. The van der Waals surface area contributed by atoms with E-state index in [9.17, 15) is 4.79 Å². The van der Waals surface area contributed by atoms with Crippen molar-refractivity contribution >= 4 is 17.5 Å². The summed E-state index contributed by atoms with van der Waals surface area (Å²) in [7, 11) is 0. The molecule has 0 fully saturated rings. The molecule has 3 aromatic rings. The third kappa shape index (κ3) is 4.54. The normalized spacial score (nSPS) is 11.4. The molecule has 3 rings (SSSR count). The van der Waals surface area contributed by atoms with Gasteiger partial charge in [-0.3, -0.25) is 9.48 Å². The van der Waals surface area contributed by atoms with E-state index in [-0.39, 0.29) is 11.3 Å². The molecule has 0 radical (unpaired) electrons. The van der Waals surface area contributed by atoms with Gasteiger partial charge in [-0.05, 0) is 31.4 Å². The van der Waals surface area contributed by atoms with Gasteiger partial charge in [-0.25, -0.2) is 0 Å². The first-order valence-electron chi connectivity index (χ1n) is 10.1. The average molecular weight is 410 g/mol. The number of aryl methyl sites for hydroxylation is 2. The molecule has 1 amide bonds. The van der Waals surface area contributed by atoms with Crippen molar-refractivity contribution in [1.82, 2.24) is 15.1 Å². The molecular formula is C24H28ClN3O. The number of benzene rings is 2. The standard InChI is InChI=1S/C24H28ClN3O/c1-4-5-16-28-22(25)21(18(2)27-28)23(29)26-17-24(3,19-12-8-6-9-13-19)20-14-10-7-11-15-20/h6-15H,4-5,16-17H2,1-3H3,(H,26,29). The highest BCUT2D eigenvalue weighted by Crippen LogP contribution is 2.31. The van der Waals surface area contributed by atoms with E-state index in [0.717, 1.165) is 30.5 Å². The van der Waals surface area contributed by atoms with E-state index in [1.54, 1.807) is 4.68 Å². The second kappa shape index (κ2) is 9.27. The fraction of sp³-hybridized carbons (Fsp3) is 0.333. The summed E-state index contributed by atoms with van der Waals surface area (Å²) in [6.45, 7) is 7.27. The van der Waals surface area contributed by atoms with Crippen LogP contribution in [0.3, 0.4) is 0 Å². The minimum Gasteiger partial charge on any atom is -0.351 e. The molecule has 0 aliphatic rings. The maximum atomic E-state index is 13.0. The van der Waals surface area contributed by atoms with Crippen LogP contribution in [0.4, 0.5) is 0 Å². The minimum absolute atomic E-state index is 0.187. The van der Waals surface area contributed by atoms with E-state index in [4.69, 9.17) is 11.6 Å². The van der Waals surface area contributed by atoms with Gasteiger partial charge in [0.2, 0.25) is 0 Å². The molecule has 0 atom stereocenters. The zero-order chi connectivity index (χ0) is 20.9. The number of unbranched alkanes of at least 4 members (excludes halogenated alkanes) is 1. The number of carbonyl (C=O) groups excluding carboxylic acids is 1. The van der Waals surface area contributed by atoms with Crippen LogP contribution in [-0.2, 0) is 12.0 Å². The van der Waals surface area contributed by atoms with Crippen molar-refractivity contribution in [3.8, 4) is 0 Å². The quantitative estimate of drug-likeness (QED) is 0.542. The van der Waals surface area contributed by atoms with Gasteiger partial charge in [0.1, 0.15) is 5.15 Å². The second-order valence-electron chi connectivity index (χ2n) is 7.57. The smallest absolute Gasteiger partial charge is 0.256 e. The Hall–Kier alpha value is -2.59. The monoisotopic (exact) mass is 409 g/mol. The van der Waals surface area contributed by atoms with Crippen molar-refractivity contribution in [3.05, 3.63) is 88.2 Å². The fourth-order valence-electron chi connectivity index (χ4n) is 3.60. The Balaban J connectivity index is 1.86. The van der Waals surface area contributed by atoms with Gasteiger partial charge in [-0.1, -0.05) is 85.6 Å². The first-order valence-corrected chi connectivity index (χ1v) is 10.5. The molecule has 0 unspecified atom stereocenters. The van der Waals surface area contributed by atoms with Crippen LogP contribution in [0.5, 0.6) is 0 Å². The lowest BCUT2D eigenvalue weighted by molar-refractivity contribution is 0.0947. The van der Waals surface area contributed by atoms with Gasteiger partial charge in [-0.2, -0.15) is 5.10 Å². The van der Waals surface area contributed by atoms with E-state index in [1.165, 1.54) is 0 Å². The largest absolute Gasteiger partial charge is 0.351 e. The average Bonchev–Trinajstić information content (AvgIpc) is 3.04. The third-order valence-electron chi connectivity index (χ3n) is 5.44. The number of rotatable bonds is 8. The predicted octanol–water partition coefficient (Wildman–Crippen LogP) is 5.38. The first kappa shape index (κ1) is 21.1. The van der Waals surface area contributed by atoms with Gasteiger partial charge < -0.3 is 5.32 Å². The lowest BCUT2D eigenvalue weighted by Crippen LogP contribution is -2.39. The summed E-state index contributed by atoms with van der Waals surface area (Å²) in [6.07, 6.45) is 2.02. The van der Waals surface area contributed by atoms with Gasteiger partial charge in [-0.15, -0.1) is 0 Å². The summed E-state index contributed by atoms with van der Waals surface area (Å²) in [5, 5.41) is 7.98. The van der Waals surface area contributed by atoms with Crippen LogP contribution in [0.15, 0.2) is 60.7 Å². The number of halogens is 1. The number of hydrogen-bond donors (Lipinski definition) is 1. The summed E-state index contributed by atoms with van der Waals surface area (Å²) >= 11 is 6.48. The minimum atomic E-state index is -0.364. The molecule has 5 heteroatoms. The molecule has 0 saturated heterocycles. The number of hydrogen-bond acceptors (Lipinski definition) is 2. The molecule has 0 spiro atoms. The summed E-state index contributed by atoms with van der Waals surface area (Å²) in [6, 6.07) is 20.5. The zero-order valence-corrected chi connectivity index (χ0v) is 18.0. The van der Waals surface area contributed by atoms with Crippen molar-refractivity contribution in [2.24, 2.45) is 0 Å². The van der Waals surface area contributed by atoms with Crippen molar-refractivity contribution in [2.75, 3.05) is 6.54 Å². The maximum Gasteiger partial charge on any atom is 0.256 e. The van der Waals surface area contributed by atoms with Crippen LogP contribution in [0.25, 0.3) is 0 Å². The molecule has 1 N–H and O–H groups in total. The van der Waals surface area contributed by atoms with E-state index in [2.05, 4.69) is 48.5 Å². The summed E-state index contributed by atoms with van der Waals surface area (Å²) in [5.74, 6) is -0.187. The van der Waals surface area contributed by atoms with Gasteiger partial charge >= 0.3 is 0 Å². The number of aromatic nitrogens is 2. The summed E-state index contributed by atoms with van der Waals surface area (Å²) < 4.78 is 1.73. The van der Waals surface area contributed by atoms with Crippen molar-refractivity contribution in [3.63, 3.8) is 0 Å². The second-order valence-corrected chi connectivity index (χ2v) is 7.93. The molecule has 0 aliphatic heterocycles. The van der Waals surface area contributed by atoms with E-state index in [0.29, 0.717) is 23.0 Å². The topological polar surface area (TPSA) is 46.9 Å². The Labute approximate surface area is 177 Å². The van der Waals surface area contributed by atoms with E-state index < -0.39 is 0 Å². The Kier molecular flexibility index (Phi) is 6.75. The van der Waals surface area contributed by atoms with Gasteiger partial charge in [0.25, 0.3) is 5.91 Å². The Bertz CT molecular complexity index is 912. The highest BCUT2D eigenvalue weighted by molar-refractivity contribution is 6.33. The van der Waals surface area contributed by atoms with Crippen LogP contribution in [0.2, 0.25) is 5.15 Å². The van der Waals surface area contributed by atoms with Crippen LogP contribution >= 0.6 is 11.6 Å². The number of nitrogens with zero attached hydrogens (tertiary/aromatic N) is 2. The highest BCUT2D eigenvalue weighted by Gasteiger charge is 2.30. The lowest BCUT2D eigenvalue weighted by atomic mass is 9.76. The summed E-state index contributed by atoms with van der Waals surface area (Å²) in [4.78, 5) is 13.0. The summed E-state index contributed by atoms with van der Waals surface area (Å²) in [5.41, 5.74) is 3.05. The molecule has 0 saturated carbocycles. The fourth-order valence-corrected chi connectivity index (χ4v) is 3.94. The van der Waals surface area contributed by atoms with Crippen LogP contribution in [0, 0.1) is 6.92 Å². The van der Waals surface area contributed by atoms with Gasteiger partial charge in [0.15, 0.2) is 0 Å². The Morgan fingerprint density at radius 2 is 1.62 bits per heavy atom. The Morgan fingerprint density at radius 3 is 2.14 bits per heavy atom. The maximum absolute atomic E-state index is 13.0.